The number of nitrogens with one attached hydrogen (secondary N) is 1. The first-order valence-corrected chi connectivity index (χ1v) is 48.3. The molecule has 0 aliphatic carbocycles. The summed E-state index contributed by atoms with van der Waals surface area (Å²) >= 11 is 0. The zero-order chi connectivity index (χ0) is 85.9. The smallest absolute Gasteiger partial charge is 0.220 e. The first-order valence-electron chi connectivity index (χ1n) is 48.3. The maximum absolute atomic E-state index is 13.6. The summed E-state index contributed by atoms with van der Waals surface area (Å²) in [7, 11) is 0. The van der Waals surface area contributed by atoms with Crippen LogP contribution in [0.4, 0.5) is 0 Å². The lowest BCUT2D eigenvalue weighted by Crippen LogP contribution is -2.66. The van der Waals surface area contributed by atoms with Crippen LogP contribution in [0.5, 0.6) is 0 Å². The van der Waals surface area contributed by atoms with Crippen molar-refractivity contribution in [1.82, 2.24) is 5.32 Å². The number of amides is 1. The van der Waals surface area contributed by atoms with Crippen molar-refractivity contribution >= 4 is 5.91 Å². The Hall–Kier alpha value is -3.81. The number of rotatable bonds is 78. The van der Waals surface area contributed by atoms with Gasteiger partial charge in [0.1, 0.15) is 73.2 Å². The summed E-state index contributed by atoms with van der Waals surface area (Å²) in [6.45, 7) is 1.73. The Kier molecular flexibility index (Phi) is 71.4. The van der Waals surface area contributed by atoms with Crippen LogP contribution in [0.3, 0.4) is 0 Å². The fourth-order valence-corrected chi connectivity index (χ4v) is 15.7. The summed E-state index contributed by atoms with van der Waals surface area (Å²) in [5.74, 6) is -0.247. The quantitative estimate of drug-likeness (QED) is 0.0199. The molecule has 0 aromatic carbocycles. The standard InChI is InChI=1S/C100H175NO18/c1-3-5-7-9-11-13-15-17-19-21-23-25-27-29-31-33-35-37-38-39-40-41-42-43-44-46-48-50-52-54-56-58-60-62-64-66-68-70-72-74-76-78-88(106)101-83(84(105)77-75-73-71-69-67-65-63-61-59-57-55-53-51-49-47-45-36-34-32-30-28-26-24-22-20-18-16-14-12-10-8-6-4-2)82-114-98-94(112)91(109)96(86(80-103)116-98)119-100-95(113)92(110)97(87(81-104)117-100)118-99-93(111)90(108)89(107)85(79-102)115-99/h5,7,11,13,17,19,23,25,29,31,35,37,39-40,42-43,46,48,52,54,83-87,89-100,102-105,107-113H,3-4,6,8-10,12,14-16,18,20-22,24,26-28,30,32-34,36,38,41,44-45,47,49-51,53,55-82H2,1-2H3,(H,101,106)/b7-5-,13-11-,19-17-,25-23-,31-29-,37-35-,40-39-,43-42-,48-46-,54-52-. The van der Waals surface area contributed by atoms with E-state index in [-0.39, 0.29) is 18.9 Å². The van der Waals surface area contributed by atoms with Gasteiger partial charge in [0.25, 0.3) is 0 Å². The molecule has 0 aromatic rings. The first-order chi connectivity index (χ1) is 58.3. The van der Waals surface area contributed by atoms with Crippen molar-refractivity contribution in [3.8, 4) is 0 Å². The van der Waals surface area contributed by atoms with Gasteiger partial charge in [0.05, 0.1) is 38.6 Å². The third-order valence-electron chi connectivity index (χ3n) is 23.3. The molecule has 0 saturated carbocycles. The van der Waals surface area contributed by atoms with Gasteiger partial charge >= 0.3 is 0 Å². The minimum atomic E-state index is -1.98. The third kappa shape index (κ3) is 55.3. The van der Waals surface area contributed by atoms with E-state index in [1.807, 2.05) is 0 Å². The van der Waals surface area contributed by atoms with Crippen LogP contribution in [0.2, 0.25) is 0 Å². The van der Waals surface area contributed by atoms with Crippen molar-refractivity contribution in [3.05, 3.63) is 122 Å². The van der Waals surface area contributed by atoms with E-state index in [0.717, 1.165) is 122 Å². The Balaban J connectivity index is 1.31. The number of carbonyl (C=O) groups is 1. The Morgan fingerprint density at radius 3 is 0.908 bits per heavy atom. The molecule has 3 heterocycles. The number of allylic oxidation sites excluding steroid dienone is 20. The van der Waals surface area contributed by atoms with Crippen LogP contribution in [-0.2, 0) is 33.2 Å². The second kappa shape index (κ2) is 77.7. The predicted molar refractivity (Wildman–Crippen MR) is 484 cm³/mol. The van der Waals surface area contributed by atoms with Gasteiger partial charge in [-0.05, 0) is 89.9 Å². The average Bonchev–Trinajstić information content (AvgIpc) is 0.778. The summed E-state index contributed by atoms with van der Waals surface area (Å²) in [6, 6.07) is -0.900. The van der Waals surface area contributed by atoms with E-state index in [2.05, 4.69) is 141 Å². The lowest BCUT2D eigenvalue weighted by molar-refractivity contribution is -0.379. The number of aliphatic hydroxyl groups is 11. The molecule has 0 bridgehead atoms. The molecule has 0 aromatic heterocycles. The van der Waals surface area contributed by atoms with Crippen molar-refractivity contribution in [1.29, 1.82) is 0 Å². The van der Waals surface area contributed by atoms with Gasteiger partial charge in [-0.25, -0.2) is 0 Å². The summed E-state index contributed by atoms with van der Waals surface area (Å²) < 4.78 is 34.6. The van der Waals surface area contributed by atoms with Crippen molar-refractivity contribution in [2.75, 3.05) is 26.4 Å². The molecule has 3 rings (SSSR count). The van der Waals surface area contributed by atoms with Crippen LogP contribution >= 0.6 is 0 Å². The minimum Gasteiger partial charge on any atom is -0.394 e. The third-order valence-corrected chi connectivity index (χ3v) is 23.3. The van der Waals surface area contributed by atoms with E-state index < -0.39 is 124 Å². The summed E-state index contributed by atoms with van der Waals surface area (Å²) in [5.41, 5.74) is 0. The number of unbranched alkanes of at least 4 members (excludes halogenated alkanes) is 42. The number of ether oxygens (including phenoxy) is 6. The van der Waals surface area contributed by atoms with E-state index in [1.54, 1.807) is 0 Å². The number of carbonyl (C=O) groups excluding carboxylic acids is 1. The van der Waals surface area contributed by atoms with Gasteiger partial charge in [-0.2, -0.15) is 0 Å². The van der Waals surface area contributed by atoms with Crippen LogP contribution in [0.25, 0.3) is 0 Å². The van der Waals surface area contributed by atoms with Crippen molar-refractivity contribution in [2.24, 2.45) is 0 Å². The lowest BCUT2D eigenvalue weighted by Gasteiger charge is -2.48. The summed E-state index contributed by atoms with van der Waals surface area (Å²) in [4.78, 5) is 13.6. The molecule has 688 valence electrons. The molecule has 17 atom stereocenters. The fourth-order valence-electron chi connectivity index (χ4n) is 15.7. The number of aliphatic hydroxyl groups excluding tert-OH is 11. The van der Waals surface area contributed by atoms with Gasteiger partial charge in [0, 0.05) is 6.42 Å². The molecule has 3 aliphatic heterocycles. The van der Waals surface area contributed by atoms with Gasteiger partial charge in [0.2, 0.25) is 5.91 Å². The molecule has 12 N–H and O–H groups in total. The molecule has 0 radical (unpaired) electrons. The maximum Gasteiger partial charge on any atom is 0.220 e. The molecule has 19 heteroatoms. The van der Waals surface area contributed by atoms with Crippen molar-refractivity contribution < 1.29 is 89.4 Å². The second-order valence-corrected chi connectivity index (χ2v) is 33.8. The van der Waals surface area contributed by atoms with E-state index in [1.165, 1.54) is 218 Å². The van der Waals surface area contributed by atoms with Crippen LogP contribution < -0.4 is 5.32 Å². The zero-order valence-electron chi connectivity index (χ0n) is 74.6. The molecule has 3 fully saturated rings. The highest BCUT2D eigenvalue weighted by molar-refractivity contribution is 5.76. The molecule has 0 spiro atoms. The van der Waals surface area contributed by atoms with Gasteiger partial charge < -0.3 is 89.9 Å². The largest absolute Gasteiger partial charge is 0.394 e. The number of hydrogen-bond donors (Lipinski definition) is 12. The minimum absolute atomic E-state index is 0.247. The molecular formula is C100H175NO18. The molecule has 119 heavy (non-hydrogen) atoms. The maximum atomic E-state index is 13.6. The highest BCUT2D eigenvalue weighted by Crippen LogP contribution is 2.34. The summed E-state index contributed by atoms with van der Waals surface area (Å²) in [6.07, 6.45) is 84.5. The van der Waals surface area contributed by atoms with Gasteiger partial charge in [-0.15, -0.1) is 0 Å². The monoisotopic (exact) mass is 1680 g/mol. The highest BCUT2D eigenvalue weighted by Gasteiger charge is 2.54. The normalized spacial score (nSPS) is 24.7. The first kappa shape index (κ1) is 109. The van der Waals surface area contributed by atoms with Gasteiger partial charge in [-0.1, -0.05) is 399 Å². The number of hydrogen-bond acceptors (Lipinski definition) is 18. The van der Waals surface area contributed by atoms with Crippen molar-refractivity contribution in [2.45, 2.75) is 478 Å². The van der Waals surface area contributed by atoms with Crippen LogP contribution in [0, 0.1) is 0 Å². The Labute approximate surface area is 722 Å². The highest BCUT2D eigenvalue weighted by atomic mass is 16.8. The Morgan fingerprint density at radius 2 is 0.580 bits per heavy atom. The average molecular weight is 1680 g/mol. The van der Waals surface area contributed by atoms with E-state index in [4.69, 9.17) is 28.4 Å². The Morgan fingerprint density at radius 1 is 0.311 bits per heavy atom. The van der Waals surface area contributed by atoms with E-state index in [9.17, 15) is 61.0 Å². The van der Waals surface area contributed by atoms with Gasteiger partial charge in [-0.3, -0.25) is 4.79 Å². The molecule has 3 saturated heterocycles. The van der Waals surface area contributed by atoms with Crippen molar-refractivity contribution in [3.63, 3.8) is 0 Å². The molecule has 19 nitrogen and oxygen atoms in total. The topological polar surface area (TPSA) is 307 Å². The summed E-state index contributed by atoms with van der Waals surface area (Å²) in [5, 5.41) is 122. The second-order valence-electron chi connectivity index (χ2n) is 33.8. The Bertz CT molecular complexity index is 2620. The zero-order valence-corrected chi connectivity index (χ0v) is 74.6. The fraction of sp³-hybridized carbons (Fsp3) is 0.790. The van der Waals surface area contributed by atoms with Crippen LogP contribution in [0.1, 0.15) is 373 Å². The van der Waals surface area contributed by atoms with Crippen LogP contribution in [0.15, 0.2) is 122 Å². The molecule has 17 unspecified atom stereocenters. The lowest BCUT2D eigenvalue weighted by atomic mass is 9.96. The predicted octanol–water partition coefficient (Wildman–Crippen LogP) is 19.7. The SMILES string of the molecule is CC/C=C\C/C=C\C/C=C\C/C=C\C/C=C\C/C=C\C/C=C\C/C=C\C/C=C\C/C=C\CCCCCCCCCCCCC(=O)NC(COC1OC(CO)C(OC2OC(CO)C(OC3OC(CO)C(O)C(O)C3O)C(O)C2O)C(O)C1O)C(O)CCCCCCCCCCCCCCCCCCCCCCCCCCCCCCCCCCC. The van der Waals surface area contributed by atoms with E-state index in [0.29, 0.717) is 12.8 Å². The molecule has 1 amide bonds. The van der Waals surface area contributed by atoms with Gasteiger partial charge in [0.15, 0.2) is 18.9 Å². The molecular weight excluding hydrogens is 1500 g/mol. The molecule has 3 aliphatic rings. The van der Waals surface area contributed by atoms with E-state index >= 15 is 0 Å². The van der Waals surface area contributed by atoms with Crippen LogP contribution in [-0.4, -0.2) is 193 Å².